The molecular weight excluding hydrogens is 512 g/mol. The minimum absolute atomic E-state index is 0.0756. The van der Waals surface area contributed by atoms with E-state index in [-0.39, 0.29) is 17.2 Å². The molecule has 36 heavy (non-hydrogen) atoms. The molecule has 1 N–H and O–H groups in total. The Bertz CT molecular complexity index is 1490. The Morgan fingerprint density at radius 3 is 2.67 bits per heavy atom. The second-order valence-corrected chi connectivity index (χ2v) is 11.6. The van der Waals surface area contributed by atoms with E-state index in [2.05, 4.69) is 24.1 Å². The van der Waals surface area contributed by atoms with E-state index < -0.39 is 0 Å². The number of carbonyl (C=O) groups excluding carboxylic acids is 1. The summed E-state index contributed by atoms with van der Waals surface area (Å²) in [6.45, 7) is 8.17. The van der Waals surface area contributed by atoms with Crippen LogP contribution in [0.3, 0.4) is 0 Å². The number of hydrogen-bond donors (Lipinski definition) is 1. The monoisotopic (exact) mass is 538 g/mol. The van der Waals surface area contributed by atoms with E-state index >= 15 is 0 Å². The first-order chi connectivity index (χ1) is 17.3. The van der Waals surface area contributed by atoms with Gasteiger partial charge >= 0.3 is 0 Å². The van der Waals surface area contributed by atoms with Crippen LogP contribution in [0.5, 0.6) is 0 Å². The smallest absolute Gasteiger partial charge is 0.267 e. The van der Waals surface area contributed by atoms with E-state index in [0.717, 1.165) is 41.2 Å². The summed E-state index contributed by atoms with van der Waals surface area (Å²) in [7, 11) is 0. The Hall–Kier alpha value is -2.65. The predicted molar refractivity (Wildman–Crippen MR) is 150 cm³/mol. The van der Waals surface area contributed by atoms with Crippen LogP contribution in [0.4, 0.5) is 5.69 Å². The molecule has 0 bridgehead atoms. The number of nitrogens with zero attached hydrogens (tertiary/aromatic N) is 3. The highest BCUT2D eigenvalue weighted by Crippen LogP contribution is 2.35. The fourth-order valence-corrected chi connectivity index (χ4v) is 6.66. The van der Waals surface area contributed by atoms with Crippen molar-refractivity contribution in [1.82, 2.24) is 14.5 Å². The molecule has 2 aromatic carbocycles. The number of aryl methyl sites for hydroxylation is 1. The van der Waals surface area contributed by atoms with E-state index in [1.54, 1.807) is 28.0 Å². The molecule has 1 aliphatic heterocycles. The summed E-state index contributed by atoms with van der Waals surface area (Å²) in [4.78, 5) is 36.0. The van der Waals surface area contributed by atoms with Gasteiger partial charge in [-0.3, -0.25) is 19.1 Å². The summed E-state index contributed by atoms with van der Waals surface area (Å²) in [6.07, 6.45) is 0.838. The average Bonchev–Trinajstić information content (AvgIpc) is 3.23. The van der Waals surface area contributed by atoms with Gasteiger partial charge in [-0.2, -0.15) is 0 Å². The Labute approximate surface area is 223 Å². The first kappa shape index (κ1) is 25.0. The SMILES string of the molecule is Cc1ccc(-n2c(SCC(=O)Nc3ccccc3Cl)nc3sc4c(c3c2=O)CCN(C(C)C)C4)cc1. The minimum atomic E-state index is -0.212. The van der Waals surface area contributed by atoms with E-state index in [1.807, 2.05) is 43.3 Å². The number of amides is 1. The number of fused-ring (bicyclic) bond motifs is 3. The van der Waals surface area contributed by atoms with E-state index in [1.165, 1.54) is 16.6 Å². The van der Waals surface area contributed by atoms with Gasteiger partial charge in [0.2, 0.25) is 5.91 Å². The first-order valence-electron chi connectivity index (χ1n) is 11.9. The Balaban J connectivity index is 1.53. The standard InChI is InChI=1S/C27H27ClN4O2S2/c1-16(2)31-13-12-19-22(14-31)36-25-24(19)26(34)32(18-10-8-17(3)9-11-18)27(30-25)35-15-23(33)29-21-7-5-4-6-20(21)28/h4-11,16H,12-15H2,1-3H3,(H,29,33). The normalized spacial score (nSPS) is 13.8. The third-order valence-corrected chi connectivity index (χ3v) is 8.75. The Morgan fingerprint density at radius 2 is 1.94 bits per heavy atom. The largest absolute Gasteiger partial charge is 0.324 e. The molecule has 186 valence electrons. The molecule has 0 radical (unpaired) electrons. The van der Waals surface area contributed by atoms with Gasteiger partial charge in [0, 0.05) is 24.0 Å². The third-order valence-electron chi connectivity index (χ3n) is 6.38. The maximum absolute atomic E-state index is 13.9. The van der Waals surface area contributed by atoms with Crippen molar-refractivity contribution in [2.24, 2.45) is 0 Å². The molecule has 1 amide bonds. The summed E-state index contributed by atoms with van der Waals surface area (Å²) >= 11 is 9.04. The zero-order valence-electron chi connectivity index (χ0n) is 20.4. The second-order valence-electron chi connectivity index (χ2n) is 9.19. The summed E-state index contributed by atoms with van der Waals surface area (Å²) in [6, 6.07) is 15.4. The van der Waals surface area contributed by atoms with Crippen LogP contribution >= 0.6 is 34.7 Å². The van der Waals surface area contributed by atoms with Crippen LogP contribution in [0, 0.1) is 6.92 Å². The number of anilines is 1. The molecule has 1 aliphatic rings. The molecule has 0 saturated carbocycles. The van der Waals surface area contributed by atoms with Crippen molar-refractivity contribution in [2.75, 3.05) is 17.6 Å². The van der Waals surface area contributed by atoms with Gasteiger partial charge in [0.05, 0.1) is 27.5 Å². The molecule has 3 heterocycles. The van der Waals surface area contributed by atoms with Crippen molar-refractivity contribution < 1.29 is 4.79 Å². The molecule has 0 atom stereocenters. The zero-order valence-corrected chi connectivity index (χ0v) is 22.8. The van der Waals surface area contributed by atoms with Crippen molar-refractivity contribution in [3.05, 3.63) is 79.9 Å². The van der Waals surface area contributed by atoms with Crippen LogP contribution in [0.25, 0.3) is 15.9 Å². The van der Waals surface area contributed by atoms with Gasteiger partial charge in [-0.05, 0) is 57.0 Å². The Morgan fingerprint density at radius 1 is 1.19 bits per heavy atom. The highest BCUT2D eigenvalue weighted by molar-refractivity contribution is 7.99. The quantitative estimate of drug-likeness (QED) is 0.244. The van der Waals surface area contributed by atoms with E-state index in [9.17, 15) is 9.59 Å². The van der Waals surface area contributed by atoms with Crippen LogP contribution in [0.15, 0.2) is 58.5 Å². The average molecular weight is 539 g/mol. The van der Waals surface area contributed by atoms with Crippen LogP contribution < -0.4 is 10.9 Å². The highest BCUT2D eigenvalue weighted by Gasteiger charge is 2.26. The maximum atomic E-state index is 13.9. The van der Waals surface area contributed by atoms with Crippen LogP contribution in [-0.4, -0.2) is 38.7 Å². The molecular formula is C27H27ClN4O2S2. The lowest BCUT2D eigenvalue weighted by Crippen LogP contribution is -2.35. The maximum Gasteiger partial charge on any atom is 0.267 e. The second kappa shape index (κ2) is 10.4. The number of halogens is 1. The van der Waals surface area contributed by atoms with Gasteiger partial charge in [-0.1, -0.05) is 53.2 Å². The minimum Gasteiger partial charge on any atom is -0.324 e. The summed E-state index contributed by atoms with van der Waals surface area (Å²) in [5, 5.41) is 4.54. The molecule has 5 rings (SSSR count). The van der Waals surface area contributed by atoms with Gasteiger partial charge in [-0.25, -0.2) is 4.98 Å². The zero-order chi connectivity index (χ0) is 25.4. The number of para-hydroxylation sites is 1. The van der Waals surface area contributed by atoms with Crippen LogP contribution in [0.2, 0.25) is 5.02 Å². The van der Waals surface area contributed by atoms with Gasteiger partial charge < -0.3 is 5.32 Å². The number of rotatable bonds is 6. The number of thiophene rings is 1. The predicted octanol–water partition coefficient (Wildman–Crippen LogP) is 5.91. The van der Waals surface area contributed by atoms with Crippen LogP contribution in [-0.2, 0) is 17.8 Å². The fourth-order valence-electron chi connectivity index (χ4n) is 4.38. The van der Waals surface area contributed by atoms with E-state index in [0.29, 0.717) is 27.3 Å². The third kappa shape index (κ3) is 4.95. The molecule has 0 fully saturated rings. The molecule has 4 aromatic rings. The Kier molecular flexibility index (Phi) is 7.21. The van der Waals surface area contributed by atoms with E-state index in [4.69, 9.17) is 16.6 Å². The lowest BCUT2D eigenvalue weighted by Gasteiger charge is -2.30. The molecule has 6 nitrogen and oxygen atoms in total. The molecule has 0 aliphatic carbocycles. The van der Waals surface area contributed by atoms with Gasteiger partial charge in [0.1, 0.15) is 4.83 Å². The number of aromatic nitrogens is 2. The molecule has 2 aromatic heterocycles. The van der Waals surface area contributed by atoms with Gasteiger partial charge in [0.15, 0.2) is 5.16 Å². The lowest BCUT2D eigenvalue weighted by atomic mass is 10.0. The summed E-state index contributed by atoms with van der Waals surface area (Å²) in [5.74, 6) is -0.114. The number of hydrogen-bond acceptors (Lipinski definition) is 6. The van der Waals surface area contributed by atoms with Crippen LogP contribution in [0.1, 0.15) is 29.9 Å². The summed E-state index contributed by atoms with van der Waals surface area (Å²) in [5.41, 5.74) is 3.46. The van der Waals surface area contributed by atoms with Gasteiger partial charge in [0.25, 0.3) is 5.56 Å². The molecule has 0 saturated heterocycles. The number of thioether (sulfide) groups is 1. The van der Waals surface area contributed by atoms with Gasteiger partial charge in [-0.15, -0.1) is 11.3 Å². The molecule has 0 spiro atoms. The number of carbonyl (C=O) groups is 1. The van der Waals surface area contributed by atoms with Crippen molar-refractivity contribution >= 4 is 56.5 Å². The van der Waals surface area contributed by atoms with Crippen molar-refractivity contribution in [3.63, 3.8) is 0 Å². The lowest BCUT2D eigenvalue weighted by molar-refractivity contribution is -0.113. The molecule has 0 unspecified atom stereocenters. The summed E-state index contributed by atoms with van der Waals surface area (Å²) < 4.78 is 1.65. The molecule has 9 heteroatoms. The van der Waals surface area contributed by atoms with Crippen molar-refractivity contribution in [3.8, 4) is 5.69 Å². The van der Waals surface area contributed by atoms with Crippen molar-refractivity contribution in [2.45, 2.75) is 44.9 Å². The van der Waals surface area contributed by atoms with Crippen molar-refractivity contribution in [1.29, 1.82) is 0 Å². The number of benzene rings is 2. The first-order valence-corrected chi connectivity index (χ1v) is 14.1. The fraction of sp³-hybridized carbons (Fsp3) is 0.296. The highest BCUT2D eigenvalue weighted by atomic mass is 35.5. The number of nitrogens with one attached hydrogen (secondary N) is 1. The topological polar surface area (TPSA) is 67.2 Å².